The van der Waals surface area contributed by atoms with E-state index in [1.54, 1.807) is 31.0 Å². The van der Waals surface area contributed by atoms with Gasteiger partial charge in [-0.15, -0.1) is 5.10 Å². The Morgan fingerprint density at radius 2 is 1.95 bits per heavy atom. The van der Waals surface area contributed by atoms with Gasteiger partial charge in [-0.05, 0) is 43.4 Å². The smallest absolute Gasteiger partial charge is 0.407 e. The van der Waals surface area contributed by atoms with E-state index in [4.69, 9.17) is 19.2 Å². The summed E-state index contributed by atoms with van der Waals surface area (Å²) in [5.74, 6) is -0.632. The van der Waals surface area contributed by atoms with Crippen molar-refractivity contribution >= 4 is 12.1 Å². The van der Waals surface area contributed by atoms with Crippen LogP contribution in [0.5, 0.6) is 5.75 Å². The van der Waals surface area contributed by atoms with Gasteiger partial charge in [0.25, 0.3) is 0 Å². The zero-order valence-corrected chi connectivity index (χ0v) is 20.9. The first-order chi connectivity index (χ1) is 17.9. The first-order valence-electron chi connectivity index (χ1n) is 12.2. The molecule has 3 aromatic rings. The molecule has 1 aliphatic rings. The molecule has 1 saturated carbocycles. The highest BCUT2D eigenvalue weighted by Gasteiger charge is 2.29. The predicted molar refractivity (Wildman–Crippen MR) is 132 cm³/mol. The molecular formula is C26H31N5O6. The first-order valence-corrected chi connectivity index (χ1v) is 12.2. The van der Waals surface area contributed by atoms with Crippen LogP contribution < -0.4 is 10.1 Å². The number of carbonyl (C=O) groups is 2. The highest BCUT2D eigenvalue weighted by molar-refractivity contribution is 5.70. The van der Waals surface area contributed by atoms with Crippen molar-refractivity contribution in [3.8, 4) is 17.1 Å². The average molecular weight is 510 g/mol. The van der Waals surface area contributed by atoms with Crippen molar-refractivity contribution in [2.24, 2.45) is 13.0 Å². The fraction of sp³-hybridized carbons (Fsp3) is 0.423. The number of hydrogen-bond donors (Lipinski definition) is 2. The van der Waals surface area contributed by atoms with E-state index in [1.165, 1.54) is 0 Å². The van der Waals surface area contributed by atoms with E-state index in [9.17, 15) is 14.7 Å². The maximum absolute atomic E-state index is 12.2. The Morgan fingerprint density at radius 3 is 2.70 bits per heavy atom. The highest BCUT2D eigenvalue weighted by Crippen LogP contribution is 2.31. The molecule has 37 heavy (non-hydrogen) atoms. The molecule has 11 heteroatoms. The zero-order valence-electron chi connectivity index (χ0n) is 20.9. The van der Waals surface area contributed by atoms with Gasteiger partial charge in [0.05, 0.1) is 36.6 Å². The van der Waals surface area contributed by atoms with Gasteiger partial charge in [0, 0.05) is 14.2 Å². The number of alkyl carbamates (subject to hydrolysis) is 1. The minimum atomic E-state index is -0.786. The number of nitrogens with zero attached hydrogens (tertiary/aromatic N) is 4. The van der Waals surface area contributed by atoms with Crippen LogP contribution in [0.25, 0.3) is 11.4 Å². The van der Waals surface area contributed by atoms with Crippen molar-refractivity contribution in [2.45, 2.75) is 51.5 Å². The number of carbonyl (C=O) groups excluding carboxylic acids is 1. The fourth-order valence-corrected chi connectivity index (χ4v) is 4.33. The molecule has 0 saturated heterocycles. The van der Waals surface area contributed by atoms with Crippen LogP contribution in [0.1, 0.15) is 42.6 Å². The Balaban J connectivity index is 1.45. The SMILES string of the molecule is COCc1nc(-c2nnn(C)c2CNC(=O)OCc2ccccc2)ccc1O[C@H]1CCC[C@H](C(=O)O)C1. The van der Waals surface area contributed by atoms with Crippen LogP contribution in [-0.4, -0.2) is 50.4 Å². The fourth-order valence-electron chi connectivity index (χ4n) is 4.33. The quantitative estimate of drug-likeness (QED) is 0.421. The zero-order chi connectivity index (χ0) is 26.2. The molecule has 2 atom stereocenters. The van der Waals surface area contributed by atoms with E-state index in [0.717, 1.165) is 18.4 Å². The van der Waals surface area contributed by atoms with Gasteiger partial charge in [-0.1, -0.05) is 35.5 Å². The number of amides is 1. The van der Waals surface area contributed by atoms with E-state index in [0.29, 0.717) is 41.4 Å². The lowest BCUT2D eigenvalue weighted by Crippen LogP contribution is -2.29. The molecule has 196 valence electrons. The molecule has 0 aliphatic heterocycles. The Morgan fingerprint density at radius 1 is 1.14 bits per heavy atom. The van der Waals surface area contributed by atoms with Gasteiger partial charge < -0.3 is 24.6 Å². The maximum atomic E-state index is 12.2. The summed E-state index contributed by atoms with van der Waals surface area (Å²) in [4.78, 5) is 28.4. The third-order valence-corrected chi connectivity index (χ3v) is 6.28. The van der Waals surface area contributed by atoms with E-state index in [1.807, 2.05) is 30.3 Å². The molecular weight excluding hydrogens is 478 g/mol. The second-order valence-electron chi connectivity index (χ2n) is 8.94. The van der Waals surface area contributed by atoms with Crippen molar-refractivity contribution in [1.82, 2.24) is 25.3 Å². The molecule has 0 bridgehead atoms. The molecule has 2 N–H and O–H groups in total. The first kappa shape index (κ1) is 26.1. The Labute approximate surface area is 214 Å². The molecule has 1 fully saturated rings. The van der Waals surface area contributed by atoms with Gasteiger partial charge >= 0.3 is 12.1 Å². The standard InChI is InChI=1S/C26H31N5O6/c1-31-22(14-27-26(34)36-15-17-7-4-3-5-8-17)24(29-30-31)20-11-12-23(21(28-20)16-35-2)37-19-10-6-9-18(13-19)25(32)33/h3-5,7-8,11-12,18-19H,6,9-10,13-16H2,1-2H3,(H,27,34)(H,32,33)/t18-,19-/m0/s1. The number of rotatable bonds is 10. The molecule has 1 aliphatic carbocycles. The summed E-state index contributed by atoms with van der Waals surface area (Å²) < 4.78 is 18.4. The van der Waals surface area contributed by atoms with Crippen LogP contribution >= 0.6 is 0 Å². The van der Waals surface area contributed by atoms with E-state index < -0.39 is 18.0 Å². The number of hydrogen-bond acceptors (Lipinski definition) is 8. The predicted octanol–water partition coefficient (Wildman–Crippen LogP) is 3.47. The molecule has 0 spiro atoms. The molecule has 0 radical (unpaired) electrons. The average Bonchev–Trinajstić information content (AvgIpc) is 3.28. The largest absolute Gasteiger partial charge is 0.488 e. The summed E-state index contributed by atoms with van der Waals surface area (Å²) in [7, 11) is 3.30. The monoisotopic (exact) mass is 509 g/mol. The van der Waals surface area contributed by atoms with Gasteiger partial charge in [0.2, 0.25) is 0 Å². The van der Waals surface area contributed by atoms with E-state index >= 15 is 0 Å². The molecule has 1 aromatic carbocycles. The maximum Gasteiger partial charge on any atom is 0.407 e. The summed E-state index contributed by atoms with van der Waals surface area (Å²) in [5.41, 5.74) is 3.18. The summed E-state index contributed by atoms with van der Waals surface area (Å²) in [6, 6.07) is 13.0. The number of methoxy groups -OCH3 is 1. The lowest BCUT2D eigenvalue weighted by atomic mass is 9.87. The Hall–Kier alpha value is -3.99. The second kappa shape index (κ2) is 12.3. The van der Waals surface area contributed by atoms with Crippen LogP contribution in [0.3, 0.4) is 0 Å². The minimum absolute atomic E-state index is 0.144. The third-order valence-electron chi connectivity index (χ3n) is 6.28. The summed E-state index contributed by atoms with van der Waals surface area (Å²) in [5, 5.41) is 20.5. The molecule has 2 heterocycles. The van der Waals surface area contributed by atoms with Crippen molar-refractivity contribution in [3.05, 3.63) is 59.4 Å². The van der Waals surface area contributed by atoms with Gasteiger partial charge in [-0.3, -0.25) is 4.79 Å². The topological polar surface area (TPSA) is 138 Å². The number of nitrogens with one attached hydrogen (secondary N) is 1. The summed E-state index contributed by atoms with van der Waals surface area (Å²) in [6.45, 7) is 0.517. The second-order valence-corrected chi connectivity index (χ2v) is 8.94. The van der Waals surface area contributed by atoms with Crippen molar-refractivity contribution < 1.29 is 28.9 Å². The Kier molecular flexibility index (Phi) is 8.68. The van der Waals surface area contributed by atoms with Crippen molar-refractivity contribution in [3.63, 3.8) is 0 Å². The summed E-state index contributed by atoms with van der Waals surface area (Å²) in [6.07, 6.45) is 1.97. The normalized spacial score (nSPS) is 17.2. The number of ether oxygens (including phenoxy) is 3. The van der Waals surface area contributed by atoms with Crippen LogP contribution in [0.2, 0.25) is 0 Å². The van der Waals surface area contributed by atoms with Crippen molar-refractivity contribution in [2.75, 3.05) is 7.11 Å². The lowest BCUT2D eigenvalue weighted by molar-refractivity contribution is -0.143. The van der Waals surface area contributed by atoms with Gasteiger partial charge in [-0.25, -0.2) is 14.5 Å². The number of pyridine rings is 1. The molecule has 11 nitrogen and oxygen atoms in total. The van der Waals surface area contributed by atoms with Gasteiger partial charge in [0.1, 0.15) is 23.7 Å². The number of carboxylic acid groups (broad SMARTS) is 1. The van der Waals surface area contributed by atoms with Crippen molar-refractivity contribution in [1.29, 1.82) is 0 Å². The minimum Gasteiger partial charge on any atom is -0.488 e. The molecule has 2 aromatic heterocycles. The molecule has 0 unspecified atom stereocenters. The van der Waals surface area contributed by atoms with Crippen LogP contribution in [0, 0.1) is 5.92 Å². The number of aryl methyl sites for hydroxylation is 1. The van der Waals surface area contributed by atoms with Crippen LogP contribution in [0.4, 0.5) is 4.79 Å². The number of benzene rings is 1. The number of aromatic nitrogens is 4. The van der Waals surface area contributed by atoms with Gasteiger partial charge in [-0.2, -0.15) is 0 Å². The Bertz CT molecular complexity index is 1220. The molecule has 1 amide bonds. The third kappa shape index (κ3) is 6.82. The van der Waals surface area contributed by atoms with Crippen LogP contribution in [-0.2, 0) is 41.1 Å². The summed E-state index contributed by atoms with van der Waals surface area (Å²) >= 11 is 0. The molecule has 4 rings (SSSR count). The van der Waals surface area contributed by atoms with E-state index in [2.05, 4.69) is 15.6 Å². The lowest BCUT2D eigenvalue weighted by Gasteiger charge is -2.28. The number of aliphatic carboxylic acids is 1. The highest BCUT2D eigenvalue weighted by atomic mass is 16.5. The number of carboxylic acids is 1. The van der Waals surface area contributed by atoms with Crippen LogP contribution in [0.15, 0.2) is 42.5 Å². The van der Waals surface area contributed by atoms with E-state index in [-0.39, 0.29) is 25.9 Å². The van der Waals surface area contributed by atoms with Gasteiger partial charge in [0.15, 0.2) is 0 Å².